The summed E-state index contributed by atoms with van der Waals surface area (Å²) in [7, 11) is 0. The van der Waals surface area contributed by atoms with E-state index in [4.69, 9.17) is 10.7 Å². The zero-order valence-electron chi connectivity index (χ0n) is 20.5. The maximum absolute atomic E-state index is 11.9. The van der Waals surface area contributed by atoms with Crippen LogP contribution in [-0.4, -0.2) is 61.1 Å². The van der Waals surface area contributed by atoms with E-state index in [2.05, 4.69) is 15.0 Å². The Hall–Kier alpha value is -3.96. The lowest BCUT2D eigenvalue weighted by Gasteiger charge is -2.27. The van der Waals surface area contributed by atoms with Crippen molar-refractivity contribution in [3.8, 4) is 22.4 Å². The van der Waals surface area contributed by atoms with E-state index >= 15 is 0 Å². The molecule has 1 fully saturated rings. The van der Waals surface area contributed by atoms with Crippen LogP contribution >= 0.6 is 11.3 Å². The largest absolute Gasteiger partial charge is 0.480 e. The predicted octanol–water partition coefficient (Wildman–Crippen LogP) is 4.33. The third-order valence-electron chi connectivity index (χ3n) is 6.69. The van der Waals surface area contributed by atoms with Crippen LogP contribution in [0.3, 0.4) is 0 Å². The topological polar surface area (TPSA) is 138 Å². The Kier molecular flexibility index (Phi) is 6.81. The summed E-state index contributed by atoms with van der Waals surface area (Å²) < 4.78 is 0.900. The molecule has 2 amide bonds. The minimum absolute atomic E-state index is 0.209. The first-order valence-electron chi connectivity index (χ1n) is 12.1. The van der Waals surface area contributed by atoms with Gasteiger partial charge in [-0.25, -0.2) is 19.7 Å². The van der Waals surface area contributed by atoms with Gasteiger partial charge in [-0.1, -0.05) is 17.4 Å². The van der Waals surface area contributed by atoms with E-state index < -0.39 is 18.0 Å². The average molecular weight is 518 g/mol. The number of fused-ring (bicyclic) bond motifs is 1. The van der Waals surface area contributed by atoms with Gasteiger partial charge in [-0.3, -0.25) is 19.6 Å². The number of aromatic nitrogens is 4. The van der Waals surface area contributed by atoms with Gasteiger partial charge in [0.2, 0.25) is 0 Å². The number of nitrogens with two attached hydrogens (primary N) is 1. The number of primary amides is 1. The summed E-state index contributed by atoms with van der Waals surface area (Å²) in [6.45, 7) is 4.91. The van der Waals surface area contributed by atoms with Crippen molar-refractivity contribution in [2.75, 3.05) is 18.0 Å². The number of rotatable bonds is 7. The fourth-order valence-electron chi connectivity index (χ4n) is 4.77. The SMILES string of the molecule is CCN(C(N)=O)c1nc2cc(-c3cnc([C@H](C)N4CCC[C@H]4C(=O)O)nc3)cc(-c3ccccn3)c2s1. The maximum Gasteiger partial charge on any atom is 0.321 e. The summed E-state index contributed by atoms with van der Waals surface area (Å²) in [5.74, 6) is -0.226. The molecule has 10 nitrogen and oxygen atoms in total. The molecule has 0 bridgehead atoms. The van der Waals surface area contributed by atoms with E-state index in [0.29, 0.717) is 30.5 Å². The first kappa shape index (κ1) is 24.7. The van der Waals surface area contributed by atoms with Crippen molar-refractivity contribution in [2.45, 2.75) is 38.8 Å². The molecule has 2 atom stereocenters. The van der Waals surface area contributed by atoms with Crippen LogP contribution in [0.15, 0.2) is 48.9 Å². The Morgan fingerprint density at radius 1 is 1.22 bits per heavy atom. The second-order valence-corrected chi connectivity index (χ2v) is 9.88. The molecule has 3 aromatic heterocycles. The molecule has 0 radical (unpaired) electrons. The minimum atomic E-state index is -0.808. The number of likely N-dealkylation sites (tertiary alicyclic amines) is 1. The summed E-state index contributed by atoms with van der Waals surface area (Å²) in [6.07, 6.45) is 6.72. The first-order chi connectivity index (χ1) is 17.9. The smallest absolute Gasteiger partial charge is 0.321 e. The van der Waals surface area contributed by atoms with Gasteiger partial charge in [0.15, 0.2) is 5.13 Å². The lowest BCUT2D eigenvalue weighted by Crippen LogP contribution is -2.38. The van der Waals surface area contributed by atoms with Gasteiger partial charge in [-0.05, 0) is 63.1 Å². The Morgan fingerprint density at radius 3 is 2.65 bits per heavy atom. The second-order valence-electron chi connectivity index (χ2n) is 8.91. The molecular weight excluding hydrogens is 490 g/mol. The van der Waals surface area contributed by atoms with Crippen LogP contribution in [0.25, 0.3) is 32.6 Å². The molecule has 0 spiro atoms. The summed E-state index contributed by atoms with van der Waals surface area (Å²) in [5, 5.41) is 10.1. The number of hydrogen-bond acceptors (Lipinski definition) is 8. The Balaban J connectivity index is 1.54. The van der Waals surface area contributed by atoms with Gasteiger partial charge in [0.1, 0.15) is 11.9 Å². The van der Waals surface area contributed by atoms with Gasteiger partial charge in [0.25, 0.3) is 0 Å². The molecule has 11 heteroatoms. The number of aliphatic carboxylic acids is 1. The highest BCUT2D eigenvalue weighted by Crippen LogP contribution is 2.39. The fourth-order valence-corrected chi connectivity index (χ4v) is 5.91. The van der Waals surface area contributed by atoms with Crippen LogP contribution in [0.1, 0.15) is 38.6 Å². The van der Waals surface area contributed by atoms with Crippen molar-refractivity contribution < 1.29 is 14.7 Å². The van der Waals surface area contributed by atoms with E-state index in [1.807, 2.05) is 49.1 Å². The number of carboxylic acid groups (broad SMARTS) is 1. The van der Waals surface area contributed by atoms with E-state index in [9.17, 15) is 14.7 Å². The summed E-state index contributed by atoms with van der Waals surface area (Å²) in [5.41, 5.74) is 9.61. The van der Waals surface area contributed by atoms with Crippen molar-refractivity contribution in [3.63, 3.8) is 0 Å². The van der Waals surface area contributed by atoms with E-state index in [1.165, 1.54) is 16.2 Å². The normalized spacial score (nSPS) is 16.6. The number of amides is 2. The molecule has 0 aliphatic carbocycles. The zero-order chi connectivity index (χ0) is 26.1. The molecule has 1 saturated heterocycles. The standard InChI is InChI=1S/C26H27N7O3S/c1-3-32(25(27)36)26-31-20-12-16(11-18(22(20)37-26)19-7-4-5-9-28-19)17-13-29-23(30-14-17)15(2)33-10-6-8-21(33)24(34)35/h4-5,7,9,11-15,21H,3,6,8,10H2,1-2H3,(H2,27,36)(H,34,35)/t15-,21-/m0/s1. The molecule has 0 unspecified atom stereocenters. The summed E-state index contributed by atoms with van der Waals surface area (Å²) >= 11 is 1.40. The number of nitrogens with zero attached hydrogens (tertiary/aromatic N) is 6. The number of benzene rings is 1. The molecule has 0 saturated carbocycles. The monoisotopic (exact) mass is 517 g/mol. The number of carbonyl (C=O) groups excluding carboxylic acids is 1. The van der Waals surface area contributed by atoms with Crippen molar-refractivity contribution in [1.82, 2.24) is 24.8 Å². The number of carboxylic acids is 1. The van der Waals surface area contributed by atoms with Crippen LogP contribution in [0, 0.1) is 0 Å². The molecule has 3 N–H and O–H groups in total. The number of hydrogen-bond donors (Lipinski definition) is 2. The third kappa shape index (κ3) is 4.75. The Bertz CT molecular complexity index is 1440. The van der Waals surface area contributed by atoms with Crippen molar-refractivity contribution >= 4 is 38.7 Å². The van der Waals surface area contributed by atoms with E-state index in [0.717, 1.165) is 39.0 Å². The quantitative estimate of drug-likeness (QED) is 0.369. The van der Waals surface area contributed by atoms with Crippen molar-refractivity contribution in [2.24, 2.45) is 5.73 Å². The van der Waals surface area contributed by atoms with E-state index in [-0.39, 0.29) is 6.04 Å². The van der Waals surface area contributed by atoms with Crippen LogP contribution < -0.4 is 10.6 Å². The summed E-state index contributed by atoms with van der Waals surface area (Å²) in [6, 6.07) is 8.41. The number of urea groups is 1. The molecular formula is C26H27N7O3S. The van der Waals surface area contributed by atoms with Gasteiger partial charge < -0.3 is 10.8 Å². The number of thiazole rings is 1. The highest BCUT2D eigenvalue weighted by atomic mass is 32.1. The number of pyridine rings is 1. The van der Waals surface area contributed by atoms with Crippen LogP contribution in [-0.2, 0) is 4.79 Å². The molecule has 4 aromatic rings. The lowest BCUT2D eigenvalue weighted by atomic mass is 10.0. The Labute approximate surface area is 217 Å². The highest BCUT2D eigenvalue weighted by molar-refractivity contribution is 7.23. The average Bonchev–Trinajstić information content (AvgIpc) is 3.56. The van der Waals surface area contributed by atoms with Crippen molar-refractivity contribution in [1.29, 1.82) is 0 Å². The van der Waals surface area contributed by atoms with Crippen molar-refractivity contribution in [3.05, 3.63) is 54.7 Å². The highest BCUT2D eigenvalue weighted by Gasteiger charge is 2.35. The molecule has 37 heavy (non-hydrogen) atoms. The molecule has 4 heterocycles. The predicted molar refractivity (Wildman–Crippen MR) is 142 cm³/mol. The molecule has 190 valence electrons. The van der Waals surface area contributed by atoms with Gasteiger partial charge >= 0.3 is 12.0 Å². The molecule has 1 aromatic carbocycles. The Morgan fingerprint density at radius 2 is 2.00 bits per heavy atom. The van der Waals surface area contributed by atoms with Gasteiger partial charge in [0.05, 0.1) is 22.0 Å². The minimum Gasteiger partial charge on any atom is -0.480 e. The zero-order valence-corrected chi connectivity index (χ0v) is 21.4. The van der Waals surface area contributed by atoms with Crippen LogP contribution in [0.4, 0.5) is 9.93 Å². The first-order valence-corrected chi connectivity index (χ1v) is 12.9. The second kappa shape index (κ2) is 10.2. The van der Waals surface area contributed by atoms with Crippen LogP contribution in [0.2, 0.25) is 0 Å². The van der Waals surface area contributed by atoms with E-state index in [1.54, 1.807) is 18.6 Å². The number of anilines is 1. The van der Waals surface area contributed by atoms with Gasteiger partial charge in [-0.2, -0.15) is 0 Å². The molecule has 5 rings (SSSR count). The summed E-state index contributed by atoms with van der Waals surface area (Å²) in [4.78, 5) is 45.4. The number of carbonyl (C=O) groups is 2. The fraction of sp³-hybridized carbons (Fsp3) is 0.308. The van der Waals surface area contributed by atoms with Gasteiger partial charge in [-0.15, -0.1) is 0 Å². The third-order valence-corrected chi connectivity index (χ3v) is 7.82. The maximum atomic E-state index is 11.9. The molecule has 1 aliphatic heterocycles. The van der Waals surface area contributed by atoms with Gasteiger partial charge in [0, 0.05) is 36.3 Å². The lowest BCUT2D eigenvalue weighted by molar-refractivity contribution is -0.142. The van der Waals surface area contributed by atoms with Crippen LogP contribution in [0.5, 0.6) is 0 Å². The molecule has 1 aliphatic rings.